The second-order valence-electron chi connectivity index (χ2n) is 7.65. The van der Waals surface area contributed by atoms with Crippen LogP contribution >= 0.6 is 11.3 Å². The number of thiazole rings is 1. The van der Waals surface area contributed by atoms with E-state index in [0.717, 1.165) is 18.4 Å². The number of carbonyl (C=O) groups excluding carboxylic acids is 1. The molecule has 1 saturated carbocycles. The van der Waals surface area contributed by atoms with E-state index in [2.05, 4.69) is 4.98 Å². The van der Waals surface area contributed by atoms with Crippen molar-refractivity contribution in [3.8, 4) is 11.5 Å². The van der Waals surface area contributed by atoms with Gasteiger partial charge in [0.05, 0.1) is 20.3 Å². The van der Waals surface area contributed by atoms with Crippen LogP contribution in [0.5, 0.6) is 11.5 Å². The maximum absolute atomic E-state index is 13.6. The summed E-state index contributed by atoms with van der Waals surface area (Å²) in [5.41, 5.74) is 1.47. The van der Waals surface area contributed by atoms with Crippen LogP contribution in [0.3, 0.4) is 0 Å². The molecule has 3 aromatic rings. The molecule has 1 amide bonds. The van der Waals surface area contributed by atoms with Gasteiger partial charge >= 0.3 is 5.97 Å². The van der Waals surface area contributed by atoms with E-state index in [1.807, 2.05) is 36.4 Å². The lowest BCUT2D eigenvalue weighted by molar-refractivity contribution is 0.0631. The molecule has 0 radical (unpaired) electrons. The van der Waals surface area contributed by atoms with Crippen molar-refractivity contribution in [1.82, 2.24) is 9.88 Å². The number of carboxylic acid groups (broad SMARTS) is 1. The molecule has 166 valence electrons. The highest BCUT2D eigenvalue weighted by molar-refractivity contribution is 7.09. The van der Waals surface area contributed by atoms with Crippen LogP contribution in [0, 0.1) is 5.92 Å². The van der Waals surface area contributed by atoms with Crippen molar-refractivity contribution >= 4 is 23.2 Å². The molecule has 7 nitrogen and oxygen atoms in total. The van der Waals surface area contributed by atoms with E-state index in [1.54, 1.807) is 31.3 Å². The summed E-state index contributed by atoms with van der Waals surface area (Å²) < 4.78 is 10.8. The van der Waals surface area contributed by atoms with Crippen LogP contribution in [0.15, 0.2) is 53.9 Å². The van der Waals surface area contributed by atoms with Crippen LogP contribution in [0.4, 0.5) is 0 Å². The molecule has 4 rings (SSSR count). The van der Waals surface area contributed by atoms with Crippen molar-refractivity contribution in [3.05, 3.63) is 75.7 Å². The van der Waals surface area contributed by atoms with E-state index in [4.69, 9.17) is 9.47 Å². The van der Waals surface area contributed by atoms with Gasteiger partial charge in [0.25, 0.3) is 5.91 Å². The summed E-state index contributed by atoms with van der Waals surface area (Å²) in [6.45, 7) is 0.331. The Morgan fingerprint density at radius 2 is 1.84 bits per heavy atom. The molecule has 1 aromatic heterocycles. The van der Waals surface area contributed by atoms with E-state index in [1.165, 1.54) is 16.7 Å². The molecule has 32 heavy (non-hydrogen) atoms. The summed E-state index contributed by atoms with van der Waals surface area (Å²) >= 11 is 1.29. The molecule has 1 unspecified atom stereocenters. The summed E-state index contributed by atoms with van der Waals surface area (Å²) in [5, 5.41) is 11.5. The number of amides is 1. The number of carbonyl (C=O) groups is 2. The largest absolute Gasteiger partial charge is 0.493 e. The fraction of sp³-hybridized carbons (Fsp3) is 0.292. The Kier molecular flexibility index (Phi) is 6.41. The highest BCUT2D eigenvalue weighted by Gasteiger charge is 2.41. The normalized spacial score (nSPS) is 13.9. The maximum Gasteiger partial charge on any atom is 0.355 e. The molecule has 0 bridgehead atoms. The predicted molar refractivity (Wildman–Crippen MR) is 120 cm³/mol. The lowest BCUT2D eigenvalue weighted by atomic mass is 10.1. The Labute approximate surface area is 190 Å². The molecule has 8 heteroatoms. The maximum atomic E-state index is 13.6. The number of hydrogen-bond donors (Lipinski definition) is 1. The third kappa shape index (κ3) is 4.60. The smallest absolute Gasteiger partial charge is 0.355 e. The fourth-order valence-corrected chi connectivity index (χ4v) is 4.74. The number of rotatable bonds is 9. The third-order valence-electron chi connectivity index (χ3n) is 5.48. The van der Waals surface area contributed by atoms with Crippen molar-refractivity contribution < 1.29 is 24.2 Å². The molecule has 1 aliphatic rings. The lowest BCUT2D eigenvalue weighted by Crippen LogP contribution is -2.35. The minimum atomic E-state index is -1.07. The highest BCUT2D eigenvalue weighted by atomic mass is 32.1. The first kappa shape index (κ1) is 21.8. The summed E-state index contributed by atoms with van der Waals surface area (Å²) in [4.78, 5) is 31.2. The van der Waals surface area contributed by atoms with Gasteiger partial charge < -0.3 is 19.5 Å². The van der Waals surface area contributed by atoms with Crippen LogP contribution in [0.1, 0.15) is 50.3 Å². The molecular weight excluding hydrogens is 428 g/mol. The summed E-state index contributed by atoms with van der Waals surface area (Å²) in [6, 6.07) is 14.4. The van der Waals surface area contributed by atoms with Crippen LogP contribution in [-0.4, -0.2) is 41.1 Å². The van der Waals surface area contributed by atoms with Gasteiger partial charge in [0, 0.05) is 17.5 Å². The van der Waals surface area contributed by atoms with Crippen molar-refractivity contribution in [2.45, 2.75) is 25.4 Å². The van der Waals surface area contributed by atoms with Gasteiger partial charge in [0.2, 0.25) is 0 Å². The van der Waals surface area contributed by atoms with Gasteiger partial charge in [-0.05, 0) is 48.6 Å². The van der Waals surface area contributed by atoms with Gasteiger partial charge in [-0.25, -0.2) is 9.78 Å². The second kappa shape index (κ2) is 9.40. The molecule has 1 heterocycles. The second-order valence-corrected chi connectivity index (χ2v) is 8.54. The van der Waals surface area contributed by atoms with Crippen molar-refractivity contribution in [1.29, 1.82) is 0 Å². The van der Waals surface area contributed by atoms with Gasteiger partial charge in [0.15, 0.2) is 17.2 Å². The van der Waals surface area contributed by atoms with Gasteiger partial charge in [-0.2, -0.15) is 0 Å². The van der Waals surface area contributed by atoms with Crippen LogP contribution in [-0.2, 0) is 6.54 Å². The fourth-order valence-electron chi connectivity index (χ4n) is 3.74. The first-order valence-electron chi connectivity index (χ1n) is 10.3. The van der Waals surface area contributed by atoms with Crippen molar-refractivity contribution in [3.63, 3.8) is 0 Å². The molecule has 1 aliphatic carbocycles. The topological polar surface area (TPSA) is 89.0 Å². The van der Waals surface area contributed by atoms with Crippen LogP contribution in [0.2, 0.25) is 0 Å². The van der Waals surface area contributed by atoms with E-state index in [-0.39, 0.29) is 23.6 Å². The summed E-state index contributed by atoms with van der Waals surface area (Å²) in [6.07, 6.45) is 1.94. The first-order valence-corrected chi connectivity index (χ1v) is 11.2. The molecule has 1 atom stereocenters. The quantitative estimate of drug-likeness (QED) is 0.508. The number of methoxy groups -OCH3 is 2. The third-order valence-corrected chi connectivity index (χ3v) is 6.40. The lowest BCUT2D eigenvalue weighted by Gasteiger charge is -2.31. The summed E-state index contributed by atoms with van der Waals surface area (Å²) in [5.74, 6) is 0.257. The number of aromatic nitrogens is 1. The van der Waals surface area contributed by atoms with E-state index >= 15 is 0 Å². The number of aromatic carboxylic acids is 1. The molecule has 2 aromatic carbocycles. The summed E-state index contributed by atoms with van der Waals surface area (Å²) in [7, 11) is 3.15. The average Bonchev–Trinajstić information content (AvgIpc) is 3.53. The molecule has 1 fully saturated rings. The van der Waals surface area contributed by atoms with Gasteiger partial charge in [-0.15, -0.1) is 11.3 Å². The number of ether oxygens (including phenoxy) is 2. The van der Waals surface area contributed by atoms with Gasteiger partial charge in [-0.3, -0.25) is 4.79 Å². The zero-order valence-electron chi connectivity index (χ0n) is 17.9. The Morgan fingerprint density at radius 1 is 1.12 bits per heavy atom. The zero-order valence-corrected chi connectivity index (χ0v) is 18.7. The molecule has 0 spiro atoms. The minimum absolute atomic E-state index is 0.00822. The Morgan fingerprint density at radius 3 is 2.44 bits per heavy atom. The molecule has 1 N–H and O–H groups in total. The van der Waals surface area contributed by atoms with Crippen LogP contribution < -0.4 is 9.47 Å². The zero-order chi connectivity index (χ0) is 22.7. The first-order chi connectivity index (χ1) is 15.5. The minimum Gasteiger partial charge on any atom is -0.493 e. The van der Waals surface area contributed by atoms with Gasteiger partial charge in [0.1, 0.15) is 5.01 Å². The molecular formula is C24H24N2O5S. The van der Waals surface area contributed by atoms with Gasteiger partial charge in [-0.1, -0.05) is 24.3 Å². The van der Waals surface area contributed by atoms with E-state index in [0.29, 0.717) is 28.6 Å². The SMILES string of the molecule is COc1ccc(CN(C(=O)c2ccccc2)C(c2nc(C(=O)O)cs2)C2CC2)cc1OC. The number of carboxylic acids is 1. The number of nitrogens with zero attached hydrogens (tertiary/aromatic N) is 2. The molecule has 0 saturated heterocycles. The van der Waals surface area contributed by atoms with Crippen LogP contribution in [0.25, 0.3) is 0 Å². The Balaban J connectivity index is 1.74. The Hall–Kier alpha value is -3.39. The number of benzene rings is 2. The van der Waals surface area contributed by atoms with E-state index < -0.39 is 5.97 Å². The van der Waals surface area contributed by atoms with E-state index in [9.17, 15) is 14.7 Å². The standard InChI is InChI=1S/C24H24N2O5S/c1-30-19-11-8-15(12-20(19)31-2)13-26(23(27)17-6-4-3-5-7-17)21(16-9-10-16)22-25-18(14-32-22)24(28)29/h3-8,11-12,14,16,21H,9-10,13H2,1-2H3,(H,28,29). The highest BCUT2D eigenvalue weighted by Crippen LogP contribution is 2.46. The molecule has 0 aliphatic heterocycles. The predicted octanol–water partition coefficient (Wildman–Crippen LogP) is 4.65. The Bertz CT molecular complexity index is 1110. The number of hydrogen-bond acceptors (Lipinski definition) is 6. The average molecular weight is 453 g/mol. The van der Waals surface area contributed by atoms with Crippen molar-refractivity contribution in [2.75, 3.05) is 14.2 Å². The van der Waals surface area contributed by atoms with Crippen molar-refractivity contribution in [2.24, 2.45) is 5.92 Å². The monoisotopic (exact) mass is 452 g/mol.